The molecule has 1 rings (SSSR count). The van der Waals surface area contributed by atoms with Crippen LogP contribution in [0.25, 0.3) is 0 Å². The Labute approximate surface area is 128 Å². The number of amides is 1. The molecule has 0 aromatic heterocycles. The van der Waals surface area contributed by atoms with Gasteiger partial charge in [0.2, 0.25) is 5.91 Å². The predicted molar refractivity (Wildman–Crippen MR) is 85.0 cm³/mol. The smallest absolute Gasteiger partial charge is 0.338 e. The zero-order chi connectivity index (χ0) is 16.2. The molecular weight excluding hydrogens is 290 g/mol. The molecule has 0 saturated carbocycles. The highest BCUT2D eigenvalue weighted by Gasteiger charge is 2.19. The van der Waals surface area contributed by atoms with Gasteiger partial charge in [0, 0.05) is 5.69 Å². The van der Waals surface area contributed by atoms with Crippen molar-refractivity contribution < 1.29 is 14.3 Å². The summed E-state index contributed by atoms with van der Waals surface area (Å²) >= 11 is 4.98. The number of primary amides is 1. The number of nitrogens with one attached hydrogen (secondary N) is 1. The summed E-state index contributed by atoms with van der Waals surface area (Å²) in [7, 11) is 0. The van der Waals surface area contributed by atoms with E-state index in [9.17, 15) is 9.59 Å². The minimum absolute atomic E-state index is 0.0869. The minimum atomic E-state index is -1.08. The fraction of sp³-hybridized carbons (Fsp3) is 0.357. The first-order valence-electron chi connectivity index (χ1n) is 6.29. The first-order valence-corrected chi connectivity index (χ1v) is 6.70. The van der Waals surface area contributed by atoms with E-state index < -0.39 is 23.5 Å². The number of hydrogen-bond acceptors (Lipinski definition) is 5. The third-order valence-electron chi connectivity index (χ3n) is 2.35. The zero-order valence-corrected chi connectivity index (χ0v) is 13.0. The standard InChI is InChI=1S/C14H19N3O3S/c1-14(2,3)20-13(19)8-5-4-6-9(7-8)17-12(21)10(15)11(16)18/h4-7,10H,15H2,1-3H3,(H2,16,18)(H,17,21). The highest BCUT2D eigenvalue weighted by Crippen LogP contribution is 2.16. The molecule has 0 fully saturated rings. The highest BCUT2D eigenvalue weighted by atomic mass is 32.1. The molecule has 0 aliphatic carbocycles. The van der Waals surface area contributed by atoms with Crippen LogP contribution < -0.4 is 16.8 Å². The second-order valence-electron chi connectivity index (χ2n) is 5.45. The van der Waals surface area contributed by atoms with Crippen LogP contribution in [-0.4, -0.2) is 28.5 Å². The first-order chi connectivity index (χ1) is 9.60. The van der Waals surface area contributed by atoms with Gasteiger partial charge < -0.3 is 21.5 Å². The SMILES string of the molecule is CC(C)(C)OC(=O)c1cccc(NC(=S)C(N)C(N)=O)c1. The average molecular weight is 309 g/mol. The third kappa shape index (κ3) is 5.49. The summed E-state index contributed by atoms with van der Waals surface area (Å²) in [5.74, 6) is -1.17. The van der Waals surface area contributed by atoms with E-state index in [2.05, 4.69) is 5.32 Å². The van der Waals surface area contributed by atoms with Crippen LogP contribution in [0.15, 0.2) is 24.3 Å². The van der Waals surface area contributed by atoms with Crippen LogP contribution in [0.5, 0.6) is 0 Å². The first kappa shape index (κ1) is 17.1. The zero-order valence-electron chi connectivity index (χ0n) is 12.2. The Bertz CT molecular complexity index is 567. The van der Waals surface area contributed by atoms with Gasteiger partial charge in [0.15, 0.2) is 0 Å². The van der Waals surface area contributed by atoms with Crippen molar-refractivity contribution in [3.63, 3.8) is 0 Å². The lowest BCUT2D eigenvalue weighted by atomic mass is 10.1. The van der Waals surface area contributed by atoms with E-state index in [1.807, 2.05) is 0 Å². The summed E-state index contributed by atoms with van der Waals surface area (Å²) in [6, 6.07) is 5.46. The lowest BCUT2D eigenvalue weighted by Crippen LogP contribution is -2.45. The topological polar surface area (TPSA) is 107 Å². The van der Waals surface area contributed by atoms with Crippen LogP contribution in [0.1, 0.15) is 31.1 Å². The molecule has 0 aliphatic rings. The van der Waals surface area contributed by atoms with Crippen molar-refractivity contribution in [3.05, 3.63) is 29.8 Å². The van der Waals surface area contributed by atoms with Crippen LogP contribution in [0.4, 0.5) is 5.69 Å². The van der Waals surface area contributed by atoms with E-state index in [-0.39, 0.29) is 4.99 Å². The van der Waals surface area contributed by atoms with Crippen LogP contribution in [0.3, 0.4) is 0 Å². The van der Waals surface area contributed by atoms with E-state index in [4.69, 9.17) is 28.4 Å². The summed E-state index contributed by atoms with van der Waals surface area (Å²) < 4.78 is 5.27. The molecule has 1 aromatic rings. The molecule has 7 heteroatoms. The maximum atomic E-state index is 12.0. The Morgan fingerprint density at radius 1 is 1.33 bits per heavy atom. The molecule has 0 aliphatic heterocycles. The van der Waals surface area contributed by atoms with E-state index in [0.29, 0.717) is 11.3 Å². The summed E-state index contributed by atoms with van der Waals surface area (Å²) in [5.41, 5.74) is 10.9. The molecule has 1 aromatic carbocycles. The minimum Gasteiger partial charge on any atom is -0.456 e. The number of rotatable bonds is 4. The van der Waals surface area contributed by atoms with Crippen molar-refractivity contribution in [3.8, 4) is 0 Å². The van der Waals surface area contributed by atoms with Gasteiger partial charge in [-0.1, -0.05) is 18.3 Å². The van der Waals surface area contributed by atoms with Gasteiger partial charge in [0.05, 0.1) is 5.56 Å². The highest BCUT2D eigenvalue weighted by molar-refractivity contribution is 7.80. The lowest BCUT2D eigenvalue weighted by Gasteiger charge is -2.19. The molecule has 0 radical (unpaired) electrons. The number of ether oxygens (including phenoxy) is 1. The van der Waals surface area contributed by atoms with E-state index in [1.54, 1.807) is 45.0 Å². The third-order valence-corrected chi connectivity index (χ3v) is 2.71. The Morgan fingerprint density at radius 2 is 1.95 bits per heavy atom. The molecule has 114 valence electrons. The van der Waals surface area contributed by atoms with Gasteiger partial charge in [0.25, 0.3) is 0 Å². The average Bonchev–Trinajstić information content (AvgIpc) is 2.35. The van der Waals surface area contributed by atoms with Crippen molar-refractivity contribution in [1.29, 1.82) is 0 Å². The number of carbonyl (C=O) groups excluding carboxylic acids is 2. The Kier molecular flexibility index (Phi) is 5.40. The number of esters is 1. The van der Waals surface area contributed by atoms with Gasteiger partial charge in [-0.15, -0.1) is 0 Å². The normalized spacial score (nSPS) is 12.4. The molecule has 1 amide bonds. The molecule has 0 spiro atoms. The van der Waals surface area contributed by atoms with E-state index in [1.165, 1.54) is 0 Å². The van der Waals surface area contributed by atoms with Gasteiger partial charge in [-0.2, -0.15) is 0 Å². The van der Waals surface area contributed by atoms with Gasteiger partial charge in [-0.05, 0) is 39.0 Å². The summed E-state index contributed by atoms with van der Waals surface area (Å²) in [5, 5.41) is 2.78. The van der Waals surface area contributed by atoms with Crippen molar-refractivity contribution in [2.45, 2.75) is 32.4 Å². The number of anilines is 1. The monoisotopic (exact) mass is 309 g/mol. The van der Waals surface area contributed by atoms with Gasteiger partial charge in [-0.25, -0.2) is 4.79 Å². The fourth-order valence-electron chi connectivity index (χ4n) is 1.41. The number of nitrogens with two attached hydrogens (primary N) is 2. The van der Waals surface area contributed by atoms with Gasteiger partial charge in [-0.3, -0.25) is 4.79 Å². The lowest BCUT2D eigenvalue weighted by molar-refractivity contribution is -0.117. The molecular formula is C14H19N3O3S. The number of thiocarbonyl (C=S) groups is 1. The molecule has 0 bridgehead atoms. The maximum absolute atomic E-state index is 12.0. The Morgan fingerprint density at radius 3 is 2.48 bits per heavy atom. The van der Waals surface area contributed by atoms with Crippen molar-refractivity contribution >= 4 is 34.8 Å². The molecule has 0 saturated heterocycles. The molecule has 1 unspecified atom stereocenters. The summed E-state index contributed by atoms with van der Waals surface area (Å²) in [6.45, 7) is 5.36. The Balaban J connectivity index is 2.84. The van der Waals surface area contributed by atoms with Gasteiger partial charge >= 0.3 is 5.97 Å². The maximum Gasteiger partial charge on any atom is 0.338 e. The van der Waals surface area contributed by atoms with E-state index in [0.717, 1.165) is 0 Å². The fourth-order valence-corrected chi connectivity index (χ4v) is 1.64. The molecule has 0 heterocycles. The van der Waals surface area contributed by atoms with E-state index >= 15 is 0 Å². The summed E-state index contributed by atoms with van der Waals surface area (Å²) in [6.07, 6.45) is 0. The molecule has 21 heavy (non-hydrogen) atoms. The second kappa shape index (κ2) is 6.64. The van der Waals surface area contributed by atoms with Crippen LogP contribution >= 0.6 is 12.2 Å². The molecule has 5 N–H and O–H groups in total. The summed E-state index contributed by atoms with van der Waals surface area (Å²) in [4.78, 5) is 23.0. The largest absolute Gasteiger partial charge is 0.456 e. The van der Waals surface area contributed by atoms with Crippen LogP contribution in [0.2, 0.25) is 0 Å². The van der Waals surface area contributed by atoms with Gasteiger partial charge in [0.1, 0.15) is 16.6 Å². The van der Waals surface area contributed by atoms with Crippen molar-refractivity contribution in [2.75, 3.05) is 5.32 Å². The van der Waals surface area contributed by atoms with Crippen molar-refractivity contribution in [2.24, 2.45) is 11.5 Å². The number of carbonyl (C=O) groups is 2. The predicted octanol–water partition coefficient (Wildman–Crippen LogP) is 1.19. The molecule has 6 nitrogen and oxygen atoms in total. The second-order valence-corrected chi connectivity index (χ2v) is 5.89. The van der Waals surface area contributed by atoms with Crippen LogP contribution in [-0.2, 0) is 9.53 Å². The number of hydrogen-bond donors (Lipinski definition) is 3. The quantitative estimate of drug-likeness (QED) is 0.570. The van der Waals surface area contributed by atoms with Crippen molar-refractivity contribution in [1.82, 2.24) is 0 Å². The van der Waals surface area contributed by atoms with Crippen LogP contribution in [0, 0.1) is 0 Å². The molecule has 1 atom stereocenters. The number of benzene rings is 1. The Hall–Kier alpha value is -1.99.